The maximum Gasteiger partial charge on any atom is 0.338 e. The molecular formula is C22H18N2O5S2. The quantitative estimate of drug-likeness (QED) is 0.446. The van der Waals surface area contributed by atoms with E-state index in [4.69, 9.17) is 9.47 Å². The van der Waals surface area contributed by atoms with E-state index in [1.54, 1.807) is 41.8 Å². The van der Waals surface area contributed by atoms with Crippen LogP contribution in [-0.4, -0.2) is 23.6 Å². The molecule has 0 aliphatic carbocycles. The zero-order valence-corrected chi connectivity index (χ0v) is 18.6. The van der Waals surface area contributed by atoms with Gasteiger partial charge in [0.2, 0.25) is 0 Å². The van der Waals surface area contributed by atoms with Gasteiger partial charge >= 0.3 is 11.9 Å². The highest BCUT2D eigenvalue weighted by molar-refractivity contribution is 7.10. The summed E-state index contributed by atoms with van der Waals surface area (Å²) >= 11 is 2.72. The summed E-state index contributed by atoms with van der Waals surface area (Å²) in [6, 6.07) is 10.0. The van der Waals surface area contributed by atoms with E-state index in [0.29, 0.717) is 26.4 Å². The molecule has 0 spiro atoms. The lowest BCUT2D eigenvalue weighted by Gasteiger charge is -2.22. The smallest absolute Gasteiger partial charge is 0.338 e. The summed E-state index contributed by atoms with van der Waals surface area (Å²) in [6.45, 7) is 3.08. The highest BCUT2D eigenvalue weighted by Gasteiger charge is 2.33. The van der Waals surface area contributed by atoms with E-state index in [9.17, 15) is 14.4 Å². The Labute approximate surface area is 185 Å². The van der Waals surface area contributed by atoms with Crippen molar-refractivity contribution in [3.63, 3.8) is 0 Å². The minimum absolute atomic E-state index is 0.236. The summed E-state index contributed by atoms with van der Waals surface area (Å²) in [4.78, 5) is 42.8. The number of esters is 2. The molecule has 9 heteroatoms. The lowest BCUT2D eigenvalue weighted by Crippen LogP contribution is -2.39. The predicted molar refractivity (Wildman–Crippen MR) is 118 cm³/mol. The molecule has 7 nitrogen and oxygen atoms in total. The molecule has 0 fully saturated rings. The van der Waals surface area contributed by atoms with E-state index in [1.807, 2.05) is 17.5 Å². The Hall–Kier alpha value is -3.30. The number of aromatic nitrogens is 1. The van der Waals surface area contributed by atoms with Crippen molar-refractivity contribution in [2.45, 2.75) is 19.9 Å². The number of benzene rings is 1. The largest absolute Gasteiger partial charge is 0.466 e. The number of allylic oxidation sites excluding steroid dienone is 1. The SMILES string of the molecule is COC(=O)C1=C(C)N=c2sc(=Cc3ccc(OC(C)=O)cc3)c(=O)n2[C@@H]1c1cccs1. The van der Waals surface area contributed by atoms with Crippen molar-refractivity contribution in [3.8, 4) is 5.75 Å². The summed E-state index contributed by atoms with van der Waals surface area (Å²) in [5, 5.41) is 1.90. The highest BCUT2D eigenvalue weighted by atomic mass is 32.1. The third-order valence-electron chi connectivity index (χ3n) is 4.68. The molecule has 1 aliphatic rings. The Kier molecular flexibility index (Phi) is 5.71. The number of fused-ring (bicyclic) bond motifs is 1. The number of ether oxygens (including phenoxy) is 2. The Morgan fingerprint density at radius 2 is 1.94 bits per heavy atom. The third-order valence-corrected chi connectivity index (χ3v) is 6.59. The molecule has 31 heavy (non-hydrogen) atoms. The van der Waals surface area contributed by atoms with Gasteiger partial charge in [0.05, 0.1) is 22.9 Å². The second-order valence-corrected chi connectivity index (χ2v) is 8.74. The molecule has 1 aliphatic heterocycles. The number of carbonyl (C=O) groups excluding carboxylic acids is 2. The summed E-state index contributed by atoms with van der Waals surface area (Å²) in [5.74, 6) is -0.469. The summed E-state index contributed by atoms with van der Waals surface area (Å²) in [6.07, 6.45) is 1.75. The number of thiazole rings is 1. The average molecular weight is 455 g/mol. The van der Waals surface area contributed by atoms with Crippen molar-refractivity contribution in [2.75, 3.05) is 7.11 Å². The second-order valence-electron chi connectivity index (χ2n) is 6.75. The molecule has 158 valence electrons. The van der Waals surface area contributed by atoms with Gasteiger partial charge in [0.25, 0.3) is 5.56 Å². The summed E-state index contributed by atoms with van der Waals surface area (Å²) < 4.78 is 12.1. The van der Waals surface area contributed by atoms with Crippen molar-refractivity contribution in [1.82, 2.24) is 4.57 Å². The van der Waals surface area contributed by atoms with Gasteiger partial charge in [0, 0.05) is 11.8 Å². The van der Waals surface area contributed by atoms with E-state index in [2.05, 4.69) is 4.99 Å². The van der Waals surface area contributed by atoms with Crippen LogP contribution >= 0.6 is 22.7 Å². The first-order chi connectivity index (χ1) is 14.9. The van der Waals surface area contributed by atoms with Crippen molar-refractivity contribution < 1.29 is 19.1 Å². The Bertz CT molecular complexity index is 1360. The van der Waals surface area contributed by atoms with Gasteiger partial charge < -0.3 is 9.47 Å². The maximum atomic E-state index is 13.3. The Balaban J connectivity index is 1.85. The number of rotatable bonds is 4. The summed E-state index contributed by atoms with van der Waals surface area (Å²) in [5.41, 5.74) is 1.43. The molecule has 1 atom stereocenters. The van der Waals surface area contributed by atoms with Crippen LogP contribution < -0.4 is 19.6 Å². The van der Waals surface area contributed by atoms with Crippen LogP contribution in [0, 0.1) is 0 Å². The molecule has 3 heterocycles. The van der Waals surface area contributed by atoms with Gasteiger partial charge in [-0.2, -0.15) is 0 Å². The fourth-order valence-electron chi connectivity index (χ4n) is 3.36. The van der Waals surface area contributed by atoms with Crippen LogP contribution in [0.1, 0.15) is 30.3 Å². The second kappa shape index (κ2) is 8.44. The fourth-order valence-corrected chi connectivity index (χ4v) is 5.23. The topological polar surface area (TPSA) is 87.0 Å². The Morgan fingerprint density at radius 1 is 1.19 bits per heavy atom. The standard InChI is InChI=1S/C22H18N2O5S2/c1-12-18(21(27)28-3)19(16-5-4-10-30-16)24-20(26)17(31-22(24)23-12)11-14-6-8-15(9-7-14)29-13(2)25/h4-11,19H,1-3H3/t19-/m1/s1. The molecule has 0 saturated heterocycles. The van der Waals surface area contributed by atoms with Gasteiger partial charge in [-0.1, -0.05) is 29.5 Å². The van der Waals surface area contributed by atoms with Crippen LogP contribution in [0.5, 0.6) is 5.75 Å². The number of carbonyl (C=O) groups is 2. The van der Waals surface area contributed by atoms with Crippen LogP contribution in [0.25, 0.3) is 6.08 Å². The van der Waals surface area contributed by atoms with E-state index in [-0.39, 0.29) is 5.56 Å². The average Bonchev–Trinajstić information content (AvgIpc) is 3.36. The zero-order valence-electron chi connectivity index (χ0n) is 16.9. The molecule has 0 radical (unpaired) electrons. The van der Waals surface area contributed by atoms with Crippen LogP contribution in [0.4, 0.5) is 0 Å². The van der Waals surface area contributed by atoms with Crippen LogP contribution in [0.2, 0.25) is 0 Å². The van der Waals surface area contributed by atoms with Crippen LogP contribution in [0.3, 0.4) is 0 Å². The molecule has 0 N–H and O–H groups in total. The van der Waals surface area contributed by atoms with Gasteiger partial charge in [0.15, 0.2) is 4.80 Å². The molecule has 3 aromatic rings. The zero-order chi connectivity index (χ0) is 22.1. The minimum Gasteiger partial charge on any atom is -0.466 e. The molecular weight excluding hydrogens is 436 g/mol. The number of thiophene rings is 1. The maximum absolute atomic E-state index is 13.3. The third kappa shape index (κ3) is 4.01. The molecule has 4 rings (SSSR count). The molecule has 0 bridgehead atoms. The van der Waals surface area contributed by atoms with E-state index >= 15 is 0 Å². The van der Waals surface area contributed by atoms with Gasteiger partial charge in [-0.3, -0.25) is 14.2 Å². The molecule has 2 aromatic heterocycles. The monoisotopic (exact) mass is 454 g/mol. The highest BCUT2D eigenvalue weighted by Crippen LogP contribution is 2.32. The minimum atomic E-state index is -0.586. The van der Waals surface area contributed by atoms with Gasteiger partial charge in [-0.05, 0) is 42.1 Å². The van der Waals surface area contributed by atoms with Crippen molar-refractivity contribution in [2.24, 2.45) is 4.99 Å². The Morgan fingerprint density at radius 3 is 2.55 bits per heavy atom. The number of hydrogen-bond acceptors (Lipinski definition) is 8. The number of hydrogen-bond donors (Lipinski definition) is 0. The first-order valence-electron chi connectivity index (χ1n) is 9.32. The first kappa shape index (κ1) is 21.0. The number of methoxy groups -OCH3 is 1. The lowest BCUT2D eigenvalue weighted by atomic mass is 10.0. The normalized spacial score (nSPS) is 16.0. The molecule has 1 aromatic carbocycles. The van der Waals surface area contributed by atoms with Gasteiger partial charge in [0.1, 0.15) is 11.8 Å². The lowest BCUT2D eigenvalue weighted by molar-refractivity contribution is -0.136. The van der Waals surface area contributed by atoms with Crippen LogP contribution in [0.15, 0.2) is 62.8 Å². The first-order valence-corrected chi connectivity index (χ1v) is 11.0. The van der Waals surface area contributed by atoms with E-state index in [1.165, 1.54) is 36.7 Å². The number of nitrogens with zero attached hydrogens (tertiary/aromatic N) is 2. The van der Waals surface area contributed by atoms with E-state index in [0.717, 1.165) is 10.4 Å². The van der Waals surface area contributed by atoms with Crippen molar-refractivity contribution >= 4 is 40.7 Å². The van der Waals surface area contributed by atoms with Gasteiger partial charge in [-0.25, -0.2) is 9.79 Å². The predicted octanol–water partition coefficient (Wildman–Crippen LogP) is 2.40. The van der Waals surface area contributed by atoms with Gasteiger partial charge in [-0.15, -0.1) is 11.3 Å². The molecule has 0 saturated carbocycles. The summed E-state index contributed by atoms with van der Waals surface area (Å²) in [7, 11) is 1.32. The molecule has 0 amide bonds. The van der Waals surface area contributed by atoms with Crippen molar-refractivity contribution in [1.29, 1.82) is 0 Å². The van der Waals surface area contributed by atoms with E-state index < -0.39 is 18.0 Å². The fraction of sp³-hybridized carbons (Fsp3) is 0.182. The van der Waals surface area contributed by atoms with Crippen LogP contribution in [-0.2, 0) is 14.3 Å². The molecule has 0 unspecified atom stereocenters. The van der Waals surface area contributed by atoms with Crippen molar-refractivity contribution in [3.05, 3.63) is 83.2 Å².